The zero-order valence-electron chi connectivity index (χ0n) is 21.4. The van der Waals surface area contributed by atoms with Gasteiger partial charge in [0.15, 0.2) is 5.60 Å². The minimum absolute atomic E-state index is 0.00434. The largest absolute Gasteiger partial charge is 0.396 e. The molecule has 35 heavy (non-hydrogen) atoms. The summed E-state index contributed by atoms with van der Waals surface area (Å²) in [6, 6.07) is 5.48. The number of allylic oxidation sites excluding steroid dienone is 3. The fraction of sp³-hybridized carbons (Fsp3) is 0.500. The molecule has 2 amide bonds. The van der Waals surface area contributed by atoms with E-state index >= 15 is 0 Å². The number of piperazine rings is 1. The van der Waals surface area contributed by atoms with E-state index in [0.29, 0.717) is 43.0 Å². The zero-order chi connectivity index (χ0) is 25.6. The number of anilines is 2. The van der Waals surface area contributed by atoms with Crippen LogP contribution in [0.1, 0.15) is 52.5 Å². The number of aliphatic hydroxyl groups excluding tert-OH is 1. The highest BCUT2D eigenvalue weighted by Gasteiger charge is 2.52. The van der Waals surface area contributed by atoms with Crippen LogP contribution >= 0.6 is 0 Å². The number of nitrogens with one attached hydrogen (secondary N) is 1. The molecule has 1 aromatic carbocycles. The maximum atomic E-state index is 13.7. The van der Waals surface area contributed by atoms with E-state index in [9.17, 15) is 14.7 Å². The van der Waals surface area contributed by atoms with Crippen molar-refractivity contribution >= 4 is 23.2 Å². The van der Waals surface area contributed by atoms with Gasteiger partial charge in [0.05, 0.1) is 12.2 Å². The monoisotopic (exact) mass is 481 g/mol. The SMILES string of the molecule is CC(C)=CCC/C(C)=C/CN1C(=O)[C@](O)([C@H](C)/C=C/CCO)c2cc(N3CCNCC3=O)ccc21. The van der Waals surface area contributed by atoms with Crippen molar-refractivity contribution in [1.29, 1.82) is 0 Å². The molecule has 0 aromatic heterocycles. The highest BCUT2D eigenvalue weighted by atomic mass is 16.3. The Kier molecular flexibility index (Phi) is 9.05. The van der Waals surface area contributed by atoms with Gasteiger partial charge in [0.1, 0.15) is 0 Å². The van der Waals surface area contributed by atoms with E-state index in [1.165, 1.54) is 11.1 Å². The maximum absolute atomic E-state index is 13.7. The number of amides is 2. The number of rotatable bonds is 10. The summed E-state index contributed by atoms with van der Waals surface area (Å²) in [6.45, 7) is 9.90. The van der Waals surface area contributed by atoms with Crippen molar-refractivity contribution < 1.29 is 19.8 Å². The van der Waals surface area contributed by atoms with Gasteiger partial charge in [-0.1, -0.05) is 42.4 Å². The lowest BCUT2D eigenvalue weighted by Crippen LogP contribution is -2.48. The van der Waals surface area contributed by atoms with E-state index in [4.69, 9.17) is 5.11 Å². The van der Waals surface area contributed by atoms with Crippen molar-refractivity contribution in [3.05, 3.63) is 59.2 Å². The van der Waals surface area contributed by atoms with Gasteiger partial charge in [0, 0.05) is 43.4 Å². The van der Waals surface area contributed by atoms with Crippen LogP contribution < -0.4 is 15.1 Å². The van der Waals surface area contributed by atoms with E-state index in [-0.39, 0.29) is 25.0 Å². The molecule has 2 heterocycles. The number of aliphatic hydroxyl groups is 2. The Labute approximate surface area is 208 Å². The van der Waals surface area contributed by atoms with Gasteiger partial charge < -0.3 is 25.3 Å². The molecule has 7 heteroatoms. The molecule has 1 fully saturated rings. The zero-order valence-corrected chi connectivity index (χ0v) is 21.4. The van der Waals surface area contributed by atoms with Gasteiger partial charge >= 0.3 is 0 Å². The molecule has 2 aliphatic rings. The van der Waals surface area contributed by atoms with Gasteiger partial charge in [-0.2, -0.15) is 0 Å². The van der Waals surface area contributed by atoms with Gasteiger partial charge in [-0.05, 0) is 58.2 Å². The lowest BCUT2D eigenvalue weighted by atomic mass is 9.82. The molecular formula is C28H39N3O4. The van der Waals surface area contributed by atoms with E-state index in [0.717, 1.165) is 12.8 Å². The third kappa shape index (κ3) is 5.92. The molecule has 0 spiro atoms. The lowest BCUT2D eigenvalue weighted by molar-refractivity contribution is -0.139. The third-order valence-corrected chi connectivity index (χ3v) is 6.75. The first-order valence-corrected chi connectivity index (χ1v) is 12.5. The number of carbonyl (C=O) groups excluding carboxylic acids is 2. The second-order valence-electron chi connectivity index (χ2n) is 9.71. The molecule has 0 saturated carbocycles. The number of hydrogen-bond acceptors (Lipinski definition) is 5. The summed E-state index contributed by atoms with van der Waals surface area (Å²) in [6.07, 6.45) is 10.1. The summed E-state index contributed by atoms with van der Waals surface area (Å²) in [5, 5.41) is 24.1. The smallest absolute Gasteiger partial charge is 0.264 e. The first-order chi connectivity index (χ1) is 16.7. The van der Waals surface area contributed by atoms with Gasteiger partial charge in [0.2, 0.25) is 5.91 Å². The van der Waals surface area contributed by atoms with Crippen molar-refractivity contribution in [1.82, 2.24) is 5.32 Å². The Balaban J connectivity index is 1.96. The molecule has 190 valence electrons. The third-order valence-electron chi connectivity index (χ3n) is 6.75. The Hall–Kier alpha value is -2.74. The lowest BCUT2D eigenvalue weighted by Gasteiger charge is -2.30. The van der Waals surface area contributed by atoms with Gasteiger partial charge in [-0.3, -0.25) is 9.59 Å². The first kappa shape index (κ1) is 26.9. The Morgan fingerprint density at radius 3 is 2.66 bits per heavy atom. The van der Waals surface area contributed by atoms with Gasteiger partial charge in [0.25, 0.3) is 5.91 Å². The second-order valence-corrected chi connectivity index (χ2v) is 9.71. The van der Waals surface area contributed by atoms with Crippen LogP contribution in [-0.2, 0) is 15.2 Å². The molecule has 0 bridgehead atoms. The van der Waals surface area contributed by atoms with Crippen LogP contribution in [0.25, 0.3) is 0 Å². The summed E-state index contributed by atoms with van der Waals surface area (Å²) in [5.41, 5.74) is 2.59. The van der Waals surface area contributed by atoms with E-state index in [1.807, 2.05) is 25.1 Å². The van der Waals surface area contributed by atoms with Crippen LogP contribution in [0.3, 0.4) is 0 Å². The van der Waals surface area contributed by atoms with Gasteiger partial charge in [-0.25, -0.2) is 0 Å². The Morgan fingerprint density at radius 1 is 1.20 bits per heavy atom. The molecule has 0 aliphatic carbocycles. The highest BCUT2D eigenvalue weighted by molar-refractivity contribution is 6.08. The average Bonchev–Trinajstić information content (AvgIpc) is 3.04. The molecule has 1 saturated heterocycles. The van der Waals surface area contributed by atoms with Crippen molar-refractivity contribution in [3.8, 4) is 0 Å². The van der Waals surface area contributed by atoms with Crippen LogP contribution in [0.2, 0.25) is 0 Å². The van der Waals surface area contributed by atoms with Gasteiger partial charge in [-0.15, -0.1) is 0 Å². The van der Waals surface area contributed by atoms with Crippen molar-refractivity contribution in [2.45, 2.75) is 52.6 Å². The fourth-order valence-corrected chi connectivity index (χ4v) is 4.62. The number of carbonyl (C=O) groups is 2. The minimum atomic E-state index is -1.75. The normalized spacial score (nSPS) is 21.6. The fourth-order valence-electron chi connectivity index (χ4n) is 4.62. The molecule has 1 aromatic rings. The van der Waals surface area contributed by atoms with Crippen LogP contribution in [0, 0.1) is 5.92 Å². The molecule has 2 atom stereocenters. The van der Waals surface area contributed by atoms with Crippen molar-refractivity contribution in [3.63, 3.8) is 0 Å². The average molecular weight is 482 g/mol. The van der Waals surface area contributed by atoms with E-state index in [2.05, 4.69) is 32.2 Å². The van der Waals surface area contributed by atoms with Crippen molar-refractivity contribution in [2.24, 2.45) is 5.92 Å². The Bertz CT molecular complexity index is 1030. The van der Waals surface area contributed by atoms with Crippen molar-refractivity contribution in [2.75, 3.05) is 42.6 Å². The Morgan fingerprint density at radius 2 is 1.97 bits per heavy atom. The summed E-state index contributed by atoms with van der Waals surface area (Å²) >= 11 is 0. The van der Waals surface area contributed by atoms with E-state index in [1.54, 1.807) is 28.0 Å². The van der Waals surface area contributed by atoms with E-state index < -0.39 is 11.5 Å². The molecular weight excluding hydrogens is 442 g/mol. The topological polar surface area (TPSA) is 93.1 Å². The summed E-state index contributed by atoms with van der Waals surface area (Å²) < 4.78 is 0. The summed E-state index contributed by atoms with van der Waals surface area (Å²) in [4.78, 5) is 29.5. The molecule has 3 N–H and O–H groups in total. The molecule has 0 unspecified atom stereocenters. The number of hydrogen-bond donors (Lipinski definition) is 3. The number of benzene rings is 1. The molecule has 0 radical (unpaired) electrons. The molecule has 2 aliphatic heterocycles. The summed E-state index contributed by atoms with van der Waals surface area (Å²) in [7, 11) is 0. The van der Waals surface area contributed by atoms with Crippen LogP contribution in [0.5, 0.6) is 0 Å². The quantitative estimate of drug-likeness (QED) is 0.445. The van der Waals surface area contributed by atoms with Crippen LogP contribution in [0.4, 0.5) is 11.4 Å². The predicted molar refractivity (Wildman–Crippen MR) is 140 cm³/mol. The highest BCUT2D eigenvalue weighted by Crippen LogP contribution is 2.46. The first-order valence-electron chi connectivity index (χ1n) is 12.5. The minimum Gasteiger partial charge on any atom is -0.396 e. The maximum Gasteiger partial charge on any atom is 0.264 e. The second kappa shape index (κ2) is 11.8. The number of nitrogens with zero attached hydrogens (tertiary/aromatic N) is 2. The standard InChI is InChI=1S/C28H39N3O4/c1-20(2)8-7-9-21(3)13-15-31-25-12-11-23(30-16-14-29-19-26(30)33)18-24(25)28(35,27(31)34)22(4)10-5-6-17-32/h5,8,10-13,18,22,29,32,35H,6-7,9,14-17,19H2,1-4H3/b10-5+,21-13+/t22-,28+/m1/s1. The molecule has 3 rings (SSSR count). The van der Waals surface area contributed by atoms with Crippen LogP contribution in [-0.4, -0.2) is 54.8 Å². The summed E-state index contributed by atoms with van der Waals surface area (Å²) in [5.74, 6) is -0.917. The predicted octanol–water partition coefficient (Wildman–Crippen LogP) is 3.42. The molecule has 7 nitrogen and oxygen atoms in total. The van der Waals surface area contributed by atoms with Crippen LogP contribution in [0.15, 0.2) is 53.6 Å². The number of fused-ring (bicyclic) bond motifs is 1.